The van der Waals surface area contributed by atoms with Gasteiger partial charge in [0.1, 0.15) is 0 Å². The zero-order valence-electron chi connectivity index (χ0n) is 26.0. The third kappa shape index (κ3) is 7.39. The van der Waals surface area contributed by atoms with Crippen LogP contribution in [0.2, 0.25) is 0 Å². The molecule has 0 bridgehead atoms. The van der Waals surface area contributed by atoms with Gasteiger partial charge in [0.2, 0.25) is 0 Å². The molecule has 12 heteroatoms. The molecule has 1 unspecified atom stereocenters. The molecule has 47 heavy (non-hydrogen) atoms. The van der Waals surface area contributed by atoms with Crippen molar-refractivity contribution < 1.29 is 19.1 Å². The van der Waals surface area contributed by atoms with Crippen LogP contribution in [0, 0.1) is 0 Å². The van der Waals surface area contributed by atoms with E-state index in [1.807, 2.05) is 76.7 Å². The number of benzene rings is 3. The van der Waals surface area contributed by atoms with Gasteiger partial charge in [-0.1, -0.05) is 78.5 Å². The molecule has 2 aromatic heterocycles. The van der Waals surface area contributed by atoms with Crippen molar-refractivity contribution in [1.29, 1.82) is 0 Å². The van der Waals surface area contributed by atoms with Gasteiger partial charge in [0.15, 0.2) is 22.5 Å². The normalized spacial score (nSPS) is 14.1. The maximum atomic E-state index is 14.0. The van der Waals surface area contributed by atoms with E-state index in [4.69, 9.17) is 14.6 Å². The zero-order valence-corrected chi connectivity index (χ0v) is 27.7. The number of hydrazone groups is 1. The highest BCUT2D eigenvalue weighted by Crippen LogP contribution is 2.42. The van der Waals surface area contributed by atoms with Crippen LogP contribution in [0.15, 0.2) is 107 Å². The SMILES string of the molecule is COc1cccc(C2CC(c3cccs3)=NN2C(=O)CSc2nnc(CNC(=O)c3ccccc3)n2CCc2ccccc2)c1OC. The lowest BCUT2D eigenvalue weighted by atomic mass is 9.99. The maximum Gasteiger partial charge on any atom is 0.253 e. The Kier molecular flexibility index (Phi) is 10.3. The Morgan fingerprint density at radius 3 is 2.45 bits per heavy atom. The van der Waals surface area contributed by atoms with E-state index < -0.39 is 0 Å². The molecule has 240 valence electrons. The quantitative estimate of drug-likeness (QED) is 0.154. The van der Waals surface area contributed by atoms with Crippen LogP contribution in [-0.4, -0.2) is 57.3 Å². The predicted molar refractivity (Wildman–Crippen MR) is 183 cm³/mol. The number of carbonyl (C=O) groups is 2. The smallest absolute Gasteiger partial charge is 0.253 e. The number of hydrogen-bond acceptors (Lipinski definition) is 9. The van der Waals surface area contributed by atoms with E-state index in [9.17, 15) is 9.59 Å². The van der Waals surface area contributed by atoms with E-state index >= 15 is 0 Å². The minimum atomic E-state index is -0.370. The summed E-state index contributed by atoms with van der Waals surface area (Å²) in [5, 5.41) is 20.8. The van der Waals surface area contributed by atoms with E-state index in [2.05, 4.69) is 27.6 Å². The van der Waals surface area contributed by atoms with Crippen LogP contribution >= 0.6 is 23.1 Å². The van der Waals surface area contributed by atoms with Gasteiger partial charge in [0.05, 0.1) is 43.1 Å². The first kappa shape index (κ1) is 32.0. The summed E-state index contributed by atoms with van der Waals surface area (Å²) in [5.41, 5.74) is 3.40. The number of ether oxygens (including phenoxy) is 2. The molecule has 5 aromatic rings. The van der Waals surface area contributed by atoms with E-state index in [-0.39, 0.29) is 30.2 Å². The Morgan fingerprint density at radius 2 is 1.72 bits per heavy atom. The van der Waals surface area contributed by atoms with Crippen LogP contribution in [0.1, 0.15) is 44.6 Å². The van der Waals surface area contributed by atoms with Gasteiger partial charge >= 0.3 is 0 Å². The molecule has 6 rings (SSSR count). The van der Waals surface area contributed by atoms with Crippen molar-refractivity contribution in [2.45, 2.75) is 37.1 Å². The topological polar surface area (TPSA) is 111 Å². The van der Waals surface area contributed by atoms with Crippen LogP contribution < -0.4 is 14.8 Å². The van der Waals surface area contributed by atoms with Gasteiger partial charge in [-0.2, -0.15) is 5.10 Å². The van der Waals surface area contributed by atoms with Crippen molar-refractivity contribution >= 4 is 40.6 Å². The predicted octanol–water partition coefficient (Wildman–Crippen LogP) is 6.00. The van der Waals surface area contributed by atoms with Crippen molar-refractivity contribution in [3.05, 3.63) is 124 Å². The van der Waals surface area contributed by atoms with Gasteiger partial charge in [-0.3, -0.25) is 9.59 Å². The molecule has 2 amide bonds. The number of thioether (sulfide) groups is 1. The van der Waals surface area contributed by atoms with Crippen LogP contribution in [-0.2, 0) is 24.3 Å². The highest BCUT2D eigenvalue weighted by molar-refractivity contribution is 7.99. The van der Waals surface area contributed by atoms with Gasteiger partial charge in [0, 0.05) is 24.1 Å². The van der Waals surface area contributed by atoms with Gasteiger partial charge in [-0.15, -0.1) is 21.5 Å². The molecular formula is C35H34N6O4S2. The molecule has 1 atom stereocenters. The minimum Gasteiger partial charge on any atom is -0.493 e. The molecule has 0 spiro atoms. The lowest BCUT2D eigenvalue weighted by Gasteiger charge is -2.24. The number of nitrogens with zero attached hydrogens (tertiary/aromatic N) is 5. The van der Waals surface area contributed by atoms with Crippen LogP contribution in [0.3, 0.4) is 0 Å². The van der Waals surface area contributed by atoms with Gasteiger partial charge in [0.25, 0.3) is 11.8 Å². The van der Waals surface area contributed by atoms with Crippen molar-refractivity contribution in [2.24, 2.45) is 5.10 Å². The van der Waals surface area contributed by atoms with Crippen molar-refractivity contribution in [1.82, 2.24) is 25.1 Å². The highest BCUT2D eigenvalue weighted by Gasteiger charge is 2.36. The highest BCUT2D eigenvalue weighted by atomic mass is 32.2. The third-order valence-electron chi connectivity index (χ3n) is 7.79. The van der Waals surface area contributed by atoms with Crippen LogP contribution in [0.4, 0.5) is 0 Å². The number of rotatable bonds is 13. The molecular weight excluding hydrogens is 633 g/mol. The number of amides is 2. The average molecular weight is 667 g/mol. The fraction of sp³-hybridized carbons (Fsp3) is 0.229. The number of aromatic nitrogens is 3. The van der Waals surface area contributed by atoms with Gasteiger partial charge < -0.3 is 19.4 Å². The summed E-state index contributed by atoms with van der Waals surface area (Å²) >= 11 is 2.90. The lowest BCUT2D eigenvalue weighted by molar-refractivity contribution is -0.130. The van der Waals surface area contributed by atoms with Crippen LogP contribution in [0.25, 0.3) is 0 Å². The Morgan fingerprint density at radius 1 is 0.936 bits per heavy atom. The Balaban J connectivity index is 1.23. The van der Waals surface area contributed by atoms with E-state index in [1.54, 1.807) is 42.7 Å². The summed E-state index contributed by atoms with van der Waals surface area (Å²) in [6.07, 6.45) is 1.28. The minimum absolute atomic E-state index is 0.0872. The van der Waals surface area contributed by atoms with Crippen molar-refractivity contribution in [2.75, 3.05) is 20.0 Å². The average Bonchev–Trinajstić information content (AvgIpc) is 3.89. The second-order valence-electron chi connectivity index (χ2n) is 10.7. The molecule has 0 aliphatic carbocycles. The monoisotopic (exact) mass is 666 g/mol. The van der Waals surface area contributed by atoms with Crippen molar-refractivity contribution in [3.63, 3.8) is 0 Å². The number of aryl methyl sites for hydroxylation is 1. The molecule has 0 saturated heterocycles. The zero-order chi connectivity index (χ0) is 32.6. The molecule has 0 radical (unpaired) electrons. The molecule has 0 saturated carbocycles. The number of nitrogens with one attached hydrogen (secondary N) is 1. The first-order valence-corrected chi connectivity index (χ1v) is 17.0. The first-order valence-electron chi connectivity index (χ1n) is 15.1. The Bertz CT molecular complexity index is 1840. The summed E-state index contributed by atoms with van der Waals surface area (Å²) < 4.78 is 13.3. The standard InChI is InChI=1S/C35H34N6O4S2/c1-44-29-16-9-15-26(33(29)45-2)28-21-27(30-17-10-20-46-30)39-41(28)32(42)23-47-35-38-37-31(22-36-34(43)25-13-7-4-8-14-25)40(35)19-18-24-11-5-3-6-12-24/h3-17,20,28H,18-19,21-23H2,1-2H3,(H,36,43). The third-order valence-corrected chi connectivity index (χ3v) is 9.66. The van der Waals surface area contributed by atoms with Crippen molar-refractivity contribution in [3.8, 4) is 11.5 Å². The van der Waals surface area contributed by atoms with Gasteiger partial charge in [-0.25, -0.2) is 5.01 Å². The Labute approximate surface area is 281 Å². The fourth-order valence-electron chi connectivity index (χ4n) is 5.46. The summed E-state index contributed by atoms with van der Waals surface area (Å²) in [4.78, 5) is 27.7. The second kappa shape index (κ2) is 15.1. The number of para-hydroxylation sites is 1. The molecule has 3 aromatic carbocycles. The first-order chi connectivity index (χ1) is 23.1. The molecule has 1 N–H and O–H groups in total. The number of thiophene rings is 1. The second-order valence-corrected chi connectivity index (χ2v) is 12.6. The maximum absolute atomic E-state index is 14.0. The Hall–Kier alpha value is -4.94. The lowest BCUT2D eigenvalue weighted by Crippen LogP contribution is -2.29. The van der Waals surface area contributed by atoms with Crippen LogP contribution in [0.5, 0.6) is 11.5 Å². The van der Waals surface area contributed by atoms with E-state index in [0.29, 0.717) is 41.0 Å². The molecule has 3 heterocycles. The summed E-state index contributed by atoms with van der Waals surface area (Å²) in [5.74, 6) is 1.50. The molecule has 1 aliphatic rings. The molecule has 1 aliphatic heterocycles. The summed E-state index contributed by atoms with van der Waals surface area (Å²) in [6.45, 7) is 0.778. The van der Waals surface area contributed by atoms with Gasteiger partial charge in [-0.05, 0) is 41.6 Å². The summed E-state index contributed by atoms with van der Waals surface area (Å²) in [7, 11) is 3.19. The fourth-order valence-corrected chi connectivity index (χ4v) is 7.02. The molecule has 10 nitrogen and oxygen atoms in total. The number of methoxy groups -OCH3 is 2. The number of carbonyl (C=O) groups excluding carboxylic acids is 2. The van der Waals surface area contributed by atoms with E-state index in [1.165, 1.54) is 11.8 Å². The summed E-state index contributed by atoms with van der Waals surface area (Å²) in [6, 6.07) is 28.5. The number of hydrogen-bond donors (Lipinski definition) is 1. The molecule has 0 fully saturated rings. The largest absolute Gasteiger partial charge is 0.493 e. The van der Waals surface area contributed by atoms with E-state index in [0.717, 1.165) is 28.1 Å².